The lowest BCUT2D eigenvalue weighted by molar-refractivity contribution is 0.564. The molecule has 0 amide bonds. The fraction of sp³-hybridized carbons (Fsp3) is 0.167. The SMILES string of the molecule is C#CCN(C)c1nc2c(Cl)cc(F)c(N=C=O)c2s1. The van der Waals surface area contributed by atoms with Gasteiger partial charge in [0.1, 0.15) is 11.2 Å². The largest absolute Gasteiger partial charge is 0.340 e. The molecule has 0 saturated heterocycles. The van der Waals surface area contributed by atoms with E-state index in [1.165, 1.54) is 6.08 Å². The van der Waals surface area contributed by atoms with E-state index in [2.05, 4.69) is 15.9 Å². The number of carbonyl (C=O) groups excluding carboxylic acids is 1. The van der Waals surface area contributed by atoms with Gasteiger partial charge in [0.2, 0.25) is 6.08 Å². The first-order chi connectivity index (χ1) is 9.08. The van der Waals surface area contributed by atoms with Gasteiger partial charge in [0.25, 0.3) is 0 Å². The van der Waals surface area contributed by atoms with Crippen molar-refractivity contribution in [3.63, 3.8) is 0 Å². The van der Waals surface area contributed by atoms with E-state index >= 15 is 0 Å². The van der Waals surface area contributed by atoms with E-state index < -0.39 is 5.82 Å². The molecule has 4 nitrogen and oxygen atoms in total. The molecule has 0 aliphatic rings. The van der Waals surface area contributed by atoms with Gasteiger partial charge >= 0.3 is 0 Å². The minimum atomic E-state index is -0.685. The molecule has 2 rings (SSSR count). The van der Waals surface area contributed by atoms with Crippen LogP contribution in [0, 0.1) is 18.2 Å². The van der Waals surface area contributed by atoms with Gasteiger partial charge < -0.3 is 4.90 Å². The number of thiazole rings is 1. The van der Waals surface area contributed by atoms with Crippen molar-refractivity contribution in [2.75, 3.05) is 18.5 Å². The zero-order chi connectivity index (χ0) is 14.0. The Balaban J connectivity index is 2.70. The predicted molar refractivity (Wildman–Crippen MR) is 74.5 cm³/mol. The molecule has 19 heavy (non-hydrogen) atoms. The van der Waals surface area contributed by atoms with Gasteiger partial charge in [-0.3, -0.25) is 0 Å². The minimum absolute atomic E-state index is 0.104. The van der Waals surface area contributed by atoms with Crippen molar-refractivity contribution in [2.45, 2.75) is 0 Å². The van der Waals surface area contributed by atoms with Crippen LogP contribution in [-0.4, -0.2) is 24.7 Å². The molecule has 96 valence electrons. The van der Waals surface area contributed by atoms with E-state index in [4.69, 9.17) is 18.0 Å². The standard InChI is InChI=1S/C12H7ClFN3OS/c1-3-4-17(2)12-16-9-7(13)5-8(14)10(15-6-18)11(9)19-12/h1,5H,4H2,2H3. The molecule has 0 spiro atoms. The Morgan fingerprint density at radius 1 is 1.68 bits per heavy atom. The van der Waals surface area contributed by atoms with E-state index in [0.29, 0.717) is 21.9 Å². The van der Waals surface area contributed by atoms with Gasteiger partial charge in [-0.05, 0) is 6.07 Å². The molecule has 0 bridgehead atoms. The van der Waals surface area contributed by atoms with Gasteiger partial charge in [-0.15, -0.1) is 6.42 Å². The Morgan fingerprint density at radius 2 is 2.42 bits per heavy atom. The maximum Gasteiger partial charge on any atom is 0.240 e. The number of anilines is 1. The number of rotatable bonds is 3. The number of hydrogen-bond acceptors (Lipinski definition) is 5. The quantitative estimate of drug-likeness (QED) is 0.496. The number of isocyanates is 1. The third-order valence-electron chi connectivity index (χ3n) is 2.35. The summed E-state index contributed by atoms with van der Waals surface area (Å²) < 4.78 is 14.1. The van der Waals surface area contributed by atoms with Crippen molar-refractivity contribution in [2.24, 2.45) is 4.99 Å². The van der Waals surface area contributed by atoms with Gasteiger partial charge in [0, 0.05) is 7.05 Å². The second-order valence-electron chi connectivity index (χ2n) is 3.63. The summed E-state index contributed by atoms with van der Waals surface area (Å²) in [5, 5.41) is 0.733. The van der Waals surface area contributed by atoms with Gasteiger partial charge in [0.15, 0.2) is 10.9 Å². The Hall–Kier alpha value is -1.93. The van der Waals surface area contributed by atoms with Gasteiger partial charge in [0.05, 0.1) is 16.3 Å². The Kier molecular flexibility index (Phi) is 3.82. The molecule has 1 heterocycles. The van der Waals surface area contributed by atoms with E-state index in [-0.39, 0.29) is 10.7 Å². The molecule has 0 radical (unpaired) electrons. The second-order valence-corrected chi connectivity index (χ2v) is 5.01. The Labute approximate surface area is 117 Å². The summed E-state index contributed by atoms with van der Waals surface area (Å²) in [5.74, 6) is 1.79. The lowest BCUT2D eigenvalue weighted by Crippen LogP contribution is -2.16. The van der Waals surface area contributed by atoms with Crippen LogP contribution in [0.1, 0.15) is 0 Å². The second kappa shape index (κ2) is 5.37. The molecule has 2 aromatic rings. The summed E-state index contributed by atoms with van der Waals surface area (Å²) in [6.45, 7) is 0.353. The first-order valence-electron chi connectivity index (χ1n) is 5.09. The average Bonchev–Trinajstić information content (AvgIpc) is 2.80. The van der Waals surface area contributed by atoms with Crippen LogP contribution >= 0.6 is 22.9 Å². The van der Waals surface area contributed by atoms with Crippen molar-refractivity contribution in [1.82, 2.24) is 4.98 Å². The number of aromatic nitrogens is 1. The highest BCUT2D eigenvalue weighted by molar-refractivity contribution is 7.22. The van der Waals surface area contributed by atoms with Crippen LogP contribution in [0.4, 0.5) is 15.2 Å². The van der Waals surface area contributed by atoms with E-state index in [9.17, 15) is 9.18 Å². The molecule has 1 aromatic heterocycles. The molecule has 0 N–H and O–H groups in total. The topological polar surface area (TPSA) is 45.6 Å². The smallest absolute Gasteiger partial charge is 0.240 e. The van der Waals surface area contributed by atoms with Crippen molar-refractivity contribution in [3.05, 3.63) is 16.9 Å². The first kappa shape index (κ1) is 13.5. The normalized spacial score (nSPS) is 10.0. The number of halogens is 2. The lowest BCUT2D eigenvalue weighted by atomic mass is 10.3. The minimum Gasteiger partial charge on any atom is -0.340 e. The number of fused-ring (bicyclic) bond motifs is 1. The molecular weight excluding hydrogens is 289 g/mol. The van der Waals surface area contributed by atoms with Gasteiger partial charge in [-0.2, -0.15) is 4.99 Å². The van der Waals surface area contributed by atoms with Crippen LogP contribution in [-0.2, 0) is 4.79 Å². The fourth-order valence-corrected chi connectivity index (χ4v) is 2.83. The molecule has 1 aromatic carbocycles. The highest BCUT2D eigenvalue weighted by Gasteiger charge is 2.17. The zero-order valence-corrected chi connectivity index (χ0v) is 11.3. The molecule has 0 fully saturated rings. The third-order valence-corrected chi connectivity index (χ3v) is 3.81. The summed E-state index contributed by atoms with van der Waals surface area (Å²) >= 11 is 7.10. The molecule has 0 saturated carbocycles. The number of aliphatic imine (C=N–C) groups is 1. The summed E-state index contributed by atoms with van der Waals surface area (Å²) in [7, 11) is 1.75. The average molecular weight is 296 g/mol. The van der Waals surface area contributed by atoms with Gasteiger partial charge in [-0.25, -0.2) is 14.2 Å². The summed E-state index contributed by atoms with van der Waals surface area (Å²) in [4.78, 5) is 19.7. The Morgan fingerprint density at radius 3 is 3.05 bits per heavy atom. The molecule has 7 heteroatoms. The van der Waals surface area contributed by atoms with Crippen LogP contribution in [0.2, 0.25) is 5.02 Å². The Bertz CT molecular complexity index is 731. The maximum absolute atomic E-state index is 13.7. The number of hydrogen-bond donors (Lipinski definition) is 0. The number of benzene rings is 1. The lowest BCUT2D eigenvalue weighted by Gasteiger charge is -2.10. The van der Waals surface area contributed by atoms with Crippen LogP contribution in [0.3, 0.4) is 0 Å². The van der Waals surface area contributed by atoms with Gasteiger partial charge in [-0.1, -0.05) is 28.9 Å². The van der Waals surface area contributed by atoms with Crippen molar-refractivity contribution >= 4 is 50.1 Å². The maximum atomic E-state index is 13.7. The predicted octanol–water partition coefficient (Wildman–Crippen LogP) is 3.13. The molecule has 0 atom stereocenters. The molecular formula is C12H7ClFN3OS. The summed E-state index contributed by atoms with van der Waals surface area (Å²) in [5.41, 5.74) is 0.285. The highest BCUT2D eigenvalue weighted by atomic mass is 35.5. The number of nitrogens with zero attached hydrogens (tertiary/aromatic N) is 3. The first-order valence-corrected chi connectivity index (χ1v) is 6.29. The summed E-state index contributed by atoms with van der Waals surface area (Å²) in [6.07, 6.45) is 6.55. The van der Waals surface area contributed by atoms with E-state index in [0.717, 1.165) is 17.4 Å². The molecule has 0 unspecified atom stereocenters. The van der Waals surface area contributed by atoms with E-state index in [1.807, 2.05) is 0 Å². The third kappa shape index (κ3) is 2.45. The monoisotopic (exact) mass is 295 g/mol. The van der Waals surface area contributed by atoms with Crippen LogP contribution in [0.15, 0.2) is 11.1 Å². The van der Waals surface area contributed by atoms with Crippen molar-refractivity contribution in [1.29, 1.82) is 0 Å². The fourth-order valence-electron chi connectivity index (χ4n) is 1.51. The zero-order valence-electron chi connectivity index (χ0n) is 9.78. The van der Waals surface area contributed by atoms with Crippen LogP contribution < -0.4 is 4.90 Å². The molecule has 0 aliphatic carbocycles. The van der Waals surface area contributed by atoms with Crippen LogP contribution in [0.25, 0.3) is 10.2 Å². The number of terminal acetylenes is 1. The summed E-state index contributed by atoms with van der Waals surface area (Å²) in [6, 6.07) is 1.07. The van der Waals surface area contributed by atoms with E-state index in [1.54, 1.807) is 11.9 Å². The van der Waals surface area contributed by atoms with Crippen LogP contribution in [0.5, 0.6) is 0 Å². The van der Waals surface area contributed by atoms with Crippen molar-refractivity contribution in [3.8, 4) is 12.3 Å². The highest BCUT2D eigenvalue weighted by Crippen LogP contribution is 2.40. The molecule has 0 aliphatic heterocycles. The van der Waals surface area contributed by atoms with Crippen molar-refractivity contribution < 1.29 is 9.18 Å².